The van der Waals surface area contributed by atoms with E-state index in [0.29, 0.717) is 5.56 Å². The van der Waals surface area contributed by atoms with E-state index in [1.54, 1.807) is 25.1 Å². The number of aromatic amines is 1. The lowest BCUT2D eigenvalue weighted by Gasteiger charge is -2.13. The summed E-state index contributed by atoms with van der Waals surface area (Å²) in [6, 6.07) is 6.94. The van der Waals surface area contributed by atoms with E-state index in [2.05, 4.69) is 4.98 Å². The summed E-state index contributed by atoms with van der Waals surface area (Å²) in [4.78, 5) is 14.1. The molecule has 6 nitrogen and oxygen atoms in total. The van der Waals surface area contributed by atoms with Crippen LogP contribution in [0.1, 0.15) is 22.3 Å². The normalized spacial score (nSPS) is 9.90. The summed E-state index contributed by atoms with van der Waals surface area (Å²) < 4.78 is 0. The van der Waals surface area contributed by atoms with E-state index in [0.717, 1.165) is 5.56 Å². The molecule has 0 aliphatic rings. The summed E-state index contributed by atoms with van der Waals surface area (Å²) in [5.41, 5.74) is 6.42. The van der Waals surface area contributed by atoms with Crippen molar-refractivity contribution in [1.29, 1.82) is 10.5 Å². The van der Waals surface area contributed by atoms with E-state index in [1.807, 2.05) is 13.0 Å². The zero-order chi connectivity index (χ0) is 15.7. The molecule has 0 saturated carbocycles. The van der Waals surface area contributed by atoms with Crippen LogP contribution < -0.4 is 11.3 Å². The maximum Gasteiger partial charge on any atom is 0.268 e. The number of phenolic OH excluding ortho intramolecular Hbond substituents is 1. The Morgan fingerprint density at radius 1 is 1.19 bits per heavy atom. The SMILES string of the molecule is Cc1ccc(-c2c(C#N)c(N)[nH]c(=O)c2C#N)c(O)c1C. The van der Waals surface area contributed by atoms with E-state index >= 15 is 0 Å². The van der Waals surface area contributed by atoms with Gasteiger partial charge in [0.05, 0.1) is 0 Å². The van der Waals surface area contributed by atoms with Crippen molar-refractivity contribution in [2.75, 3.05) is 5.73 Å². The number of aryl methyl sites for hydroxylation is 1. The second-order valence-corrected chi connectivity index (χ2v) is 4.62. The minimum absolute atomic E-state index is 0.0373. The average molecular weight is 280 g/mol. The lowest BCUT2D eigenvalue weighted by molar-refractivity contribution is 0.472. The molecule has 0 spiro atoms. The van der Waals surface area contributed by atoms with Gasteiger partial charge in [0.1, 0.15) is 34.8 Å². The Kier molecular flexibility index (Phi) is 3.39. The Hall–Kier alpha value is -3.25. The maximum absolute atomic E-state index is 11.8. The van der Waals surface area contributed by atoms with Crippen LogP contribution in [-0.4, -0.2) is 10.1 Å². The highest BCUT2D eigenvalue weighted by atomic mass is 16.3. The molecule has 0 unspecified atom stereocenters. The number of pyridine rings is 1. The molecule has 1 aromatic heterocycles. The van der Waals surface area contributed by atoms with E-state index in [4.69, 9.17) is 5.73 Å². The first-order chi connectivity index (χ1) is 9.92. The van der Waals surface area contributed by atoms with Crippen molar-refractivity contribution in [2.24, 2.45) is 0 Å². The largest absolute Gasteiger partial charge is 0.507 e. The molecule has 1 aromatic carbocycles. The van der Waals surface area contributed by atoms with Crippen molar-refractivity contribution in [1.82, 2.24) is 4.98 Å². The first kappa shape index (κ1) is 14.2. The maximum atomic E-state index is 11.8. The first-order valence-electron chi connectivity index (χ1n) is 6.07. The molecule has 0 amide bonds. The van der Waals surface area contributed by atoms with Gasteiger partial charge in [-0.05, 0) is 25.0 Å². The average Bonchev–Trinajstić information content (AvgIpc) is 2.44. The molecule has 6 heteroatoms. The summed E-state index contributed by atoms with van der Waals surface area (Å²) in [5.74, 6) is -0.206. The molecule has 104 valence electrons. The molecule has 0 aliphatic heterocycles. The number of phenols is 1. The van der Waals surface area contributed by atoms with Crippen LogP contribution in [0.4, 0.5) is 5.82 Å². The zero-order valence-corrected chi connectivity index (χ0v) is 11.5. The fourth-order valence-corrected chi connectivity index (χ4v) is 2.12. The second kappa shape index (κ2) is 5.03. The van der Waals surface area contributed by atoms with Gasteiger partial charge in [0.2, 0.25) is 0 Å². The van der Waals surface area contributed by atoms with Crippen molar-refractivity contribution < 1.29 is 5.11 Å². The van der Waals surface area contributed by atoms with Crippen LogP contribution in [0.15, 0.2) is 16.9 Å². The van der Waals surface area contributed by atoms with Crippen LogP contribution in [0, 0.1) is 36.5 Å². The third kappa shape index (κ3) is 2.09. The number of hydrogen-bond acceptors (Lipinski definition) is 5. The van der Waals surface area contributed by atoms with Gasteiger partial charge in [0, 0.05) is 11.1 Å². The van der Waals surface area contributed by atoms with Crippen LogP contribution in [0.2, 0.25) is 0 Å². The standard InChI is InChI=1S/C15H12N4O2/c1-7-3-4-9(13(20)8(7)2)12-10(5-16)14(18)19-15(21)11(12)6-17/h3-4,20H,1-2H3,(H3,18,19,21). The Bertz CT molecular complexity index is 883. The predicted octanol–water partition coefficient (Wildman–Crippen LogP) is 1.69. The zero-order valence-electron chi connectivity index (χ0n) is 11.5. The Balaban J connectivity index is 3.01. The second-order valence-electron chi connectivity index (χ2n) is 4.62. The topological polar surface area (TPSA) is 127 Å². The first-order valence-corrected chi connectivity index (χ1v) is 6.07. The van der Waals surface area contributed by atoms with E-state index in [9.17, 15) is 20.4 Å². The van der Waals surface area contributed by atoms with Crippen molar-refractivity contribution in [3.63, 3.8) is 0 Å². The number of aromatic hydroxyl groups is 1. The van der Waals surface area contributed by atoms with Crippen molar-refractivity contribution in [2.45, 2.75) is 13.8 Å². The molecule has 0 radical (unpaired) electrons. The number of nitriles is 2. The molecule has 1 heterocycles. The fraction of sp³-hybridized carbons (Fsp3) is 0.133. The fourth-order valence-electron chi connectivity index (χ4n) is 2.12. The van der Waals surface area contributed by atoms with Gasteiger partial charge in [-0.25, -0.2) is 0 Å². The highest BCUT2D eigenvalue weighted by Crippen LogP contribution is 2.37. The number of rotatable bonds is 1. The summed E-state index contributed by atoms with van der Waals surface area (Å²) in [6.45, 7) is 3.53. The van der Waals surface area contributed by atoms with Crippen molar-refractivity contribution >= 4 is 5.82 Å². The van der Waals surface area contributed by atoms with E-state index < -0.39 is 5.56 Å². The quantitative estimate of drug-likeness (QED) is 0.732. The van der Waals surface area contributed by atoms with Crippen LogP contribution >= 0.6 is 0 Å². The molecule has 21 heavy (non-hydrogen) atoms. The van der Waals surface area contributed by atoms with Gasteiger partial charge in [0.15, 0.2) is 0 Å². The number of nitrogen functional groups attached to an aromatic ring is 1. The third-order valence-corrected chi connectivity index (χ3v) is 3.44. The third-order valence-electron chi connectivity index (χ3n) is 3.44. The summed E-state index contributed by atoms with van der Waals surface area (Å²) >= 11 is 0. The van der Waals surface area contributed by atoms with Gasteiger partial charge in [0.25, 0.3) is 5.56 Å². The van der Waals surface area contributed by atoms with Gasteiger partial charge in [-0.2, -0.15) is 10.5 Å². The summed E-state index contributed by atoms with van der Waals surface area (Å²) in [5, 5.41) is 28.7. The molecule has 0 saturated heterocycles. The Morgan fingerprint density at radius 3 is 2.38 bits per heavy atom. The van der Waals surface area contributed by atoms with Gasteiger partial charge in [-0.15, -0.1) is 0 Å². The lowest BCUT2D eigenvalue weighted by Crippen LogP contribution is -2.16. The molecule has 0 atom stereocenters. The number of H-pyrrole nitrogens is 1. The van der Waals surface area contributed by atoms with Gasteiger partial charge in [-0.3, -0.25) is 4.79 Å². The molecule has 4 N–H and O–H groups in total. The Labute approximate surface area is 120 Å². The van der Waals surface area contributed by atoms with Crippen LogP contribution in [0.5, 0.6) is 5.75 Å². The van der Waals surface area contributed by atoms with Gasteiger partial charge in [-0.1, -0.05) is 12.1 Å². The number of benzene rings is 1. The Morgan fingerprint density at radius 2 is 1.81 bits per heavy atom. The highest BCUT2D eigenvalue weighted by molar-refractivity contribution is 5.84. The molecular formula is C15H12N4O2. The van der Waals surface area contributed by atoms with Gasteiger partial charge < -0.3 is 15.8 Å². The molecule has 2 rings (SSSR count). The van der Waals surface area contributed by atoms with Crippen molar-refractivity contribution in [3.8, 4) is 29.0 Å². The predicted molar refractivity (Wildman–Crippen MR) is 77.5 cm³/mol. The summed E-state index contributed by atoms with van der Waals surface area (Å²) in [7, 11) is 0. The molecule has 0 aliphatic carbocycles. The van der Waals surface area contributed by atoms with Crippen LogP contribution in [-0.2, 0) is 0 Å². The lowest BCUT2D eigenvalue weighted by atomic mass is 9.93. The number of nitrogens with zero attached hydrogens (tertiary/aromatic N) is 2. The smallest absolute Gasteiger partial charge is 0.268 e. The molecule has 0 fully saturated rings. The van der Waals surface area contributed by atoms with Crippen molar-refractivity contribution in [3.05, 3.63) is 44.7 Å². The molecule has 2 aromatic rings. The minimum atomic E-state index is -0.693. The summed E-state index contributed by atoms with van der Waals surface area (Å²) in [6.07, 6.45) is 0. The van der Waals surface area contributed by atoms with E-state index in [1.165, 1.54) is 0 Å². The minimum Gasteiger partial charge on any atom is -0.507 e. The molecule has 0 bridgehead atoms. The number of hydrogen-bond donors (Lipinski definition) is 3. The van der Waals surface area contributed by atoms with Crippen LogP contribution in [0.3, 0.4) is 0 Å². The van der Waals surface area contributed by atoms with Crippen LogP contribution in [0.25, 0.3) is 11.1 Å². The number of nitrogens with two attached hydrogens (primary N) is 1. The van der Waals surface area contributed by atoms with E-state index in [-0.39, 0.29) is 33.8 Å². The molecular weight excluding hydrogens is 268 g/mol. The van der Waals surface area contributed by atoms with Gasteiger partial charge >= 0.3 is 0 Å². The highest BCUT2D eigenvalue weighted by Gasteiger charge is 2.21. The monoisotopic (exact) mass is 280 g/mol. The number of anilines is 1. The number of aromatic nitrogens is 1. The number of nitrogens with one attached hydrogen (secondary N) is 1.